The molecule has 1 aliphatic heterocycles. The first-order valence-electron chi connectivity index (χ1n) is 7.84. The van der Waals surface area contributed by atoms with Gasteiger partial charge < -0.3 is 16.0 Å². The largest absolute Gasteiger partial charge is 0.352 e. The van der Waals surface area contributed by atoms with Gasteiger partial charge in [-0.3, -0.25) is 4.79 Å². The molecule has 1 saturated carbocycles. The zero-order chi connectivity index (χ0) is 13.8. The Morgan fingerprint density at radius 3 is 2.68 bits per heavy atom. The number of rotatable bonds is 4. The van der Waals surface area contributed by atoms with Crippen LogP contribution in [0.4, 0.5) is 0 Å². The maximum Gasteiger partial charge on any atom is 0.223 e. The maximum absolute atomic E-state index is 12.3. The second-order valence-corrected chi connectivity index (χ2v) is 6.57. The van der Waals surface area contributed by atoms with E-state index in [9.17, 15) is 4.79 Å². The fraction of sp³-hybridized carbons (Fsp3) is 0.933. The SMILES string of the molecule is CC(CN1CCCC1)NC(=O)C1CCC(N)C(C)C1. The number of nitrogens with zero attached hydrogens (tertiary/aromatic N) is 1. The number of carbonyl (C=O) groups is 1. The van der Waals surface area contributed by atoms with E-state index in [4.69, 9.17) is 5.73 Å². The third-order valence-electron chi connectivity index (χ3n) is 4.73. The van der Waals surface area contributed by atoms with Crippen LogP contribution in [0.1, 0.15) is 46.0 Å². The van der Waals surface area contributed by atoms with Crippen LogP contribution in [0, 0.1) is 11.8 Å². The van der Waals surface area contributed by atoms with E-state index in [-0.39, 0.29) is 23.9 Å². The van der Waals surface area contributed by atoms with Gasteiger partial charge >= 0.3 is 0 Å². The van der Waals surface area contributed by atoms with Gasteiger partial charge in [-0.1, -0.05) is 6.92 Å². The Morgan fingerprint density at radius 2 is 2.05 bits per heavy atom. The van der Waals surface area contributed by atoms with Gasteiger partial charge in [0.05, 0.1) is 0 Å². The molecule has 3 N–H and O–H groups in total. The summed E-state index contributed by atoms with van der Waals surface area (Å²) in [5.41, 5.74) is 6.01. The molecule has 4 heteroatoms. The predicted molar refractivity (Wildman–Crippen MR) is 77.8 cm³/mol. The molecule has 1 heterocycles. The fourth-order valence-electron chi connectivity index (χ4n) is 3.42. The van der Waals surface area contributed by atoms with E-state index in [0.29, 0.717) is 5.92 Å². The summed E-state index contributed by atoms with van der Waals surface area (Å²) in [6, 6.07) is 0.544. The molecular weight excluding hydrogens is 238 g/mol. The zero-order valence-electron chi connectivity index (χ0n) is 12.4. The summed E-state index contributed by atoms with van der Waals surface area (Å²) in [5.74, 6) is 0.889. The highest BCUT2D eigenvalue weighted by atomic mass is 16.1. The molecule has 4 atom stereocenters. The molecule has 19 heavy (non-hydrogen) atoms. The molecule has 0 radical (unpaired) electrons. The monoisotopic (exact) mass is 267 g/mol. The summed E-state index contributed by atoms with van der Waals surface area (Å²) < 4.78 is 0. The van der Waals surface area contributed by atoms with Crippen LogP contribution in [0.3, 0.4) is 0 Å². The second kappa shape index (κ2) is 6.71. The minimum Gasteiger partial charge on any atom is -0.352 e. The third kappa shape index (κ3) is 4.18. The van der Waals surface area contributed by atoms with Crippen molar-refractivity contribution in [3.05, 3.63) is 0 Å². The predicted octanol–water partition coefficient (Wildman–Crippen LogP) is 1.35. The molecule has 1 saturated heterocycles. The molecule has 4 unspecified atom stereocenters. The molecule has 110 valence electrons. The molecule has 0 spiro atoms. The summed E-state index contributed by atoms with van der Waals surface area (Å²) in [7, 11) is 0. The van der Waals surface area contributed by atoms with Crippen LogP contribution in [0.2, 0.25) is 0 Å². The average Bonchev–Trinajstić information content (AvgIpc) is 2.85. The van der Waals surface area contributed by atoms with Crippen LogP contribution < -0.4 is 11.1 Å². The number of carbonyl (C=O) groups excluding carboxylic acids is 1. The Hall–Kier alpha value is -0.610. The first-order valence-corrected chi connectivity index (χ1v) is 7.84. The van der Waals surface area contributed by atoms with E-state index in [2.05, 4.69) is 24.1 Å². The van der Waals surface area contributed by atoms with E-state index < -0.39 is 0 Å². The number of amides is 1. The van der Waals surface area contributed by atoms with Crippen molar-refractivity contribution in [3.8, 4) is 0 Å². The molecule has 0 aromatic heterocycles. The molecular formula is C15H29N3O. The van der Waals surface area contributed by atoms with Crippen LogP contribution in [-0.4, -0.2) is 42.5 Å². The van der Waals surface area contributed by atoms with Crippen LogP contribution >= 0.6 is 0 Å². The number of likely N-dealkylation sites (tertiary alicyclic amines) is 1. The van der Waals surface area contributed by atoms with Crippen molar-refractivity contribution in [1.29, 1.82) is 0 Å². The molecule has 0 aromatic carbocycles. The highest BCUT2D eigenvalue weighted by Crippen LogP contribution is 2.28. The normalized spacial score (nSPS) is 34.2. The lowest BCUT2D eigenvalue weighted by atomic mass is 9.79. The molecule has 1 aliphatic carbocycles. The molecule has 2 rings (SSSR count). The van der Waals surface area contributed by atoms with Crippen molar-refractivity contribution in [3.63, 3.8) is 0 Å². The smallest absolute Gasteiger partial charge is 0.223 e. The lowest BCUT2D eigenvalue weighted by molar-refractivity contribution is -0.127. The minimum atomic E-state index is 0.177. The molecule has 0 bridgehead atoms. The van der Waals surface area contributed by atoms with Gasteiger partial charge in [0.2, 0.25) is 5.91 Å². The van der Waals surface area contributed by atoms with E-state index in [0.717, 1.165) is 25.8 Å². The van der Waals surface area contributed by atoms with Gasteiger partial charge in [0.1, 0.15) is 0 Å². The van der Waals surface area contributed by atoms with E-state index in [1.807, 2.05) is 0 Å². The zero-order valence-corrected chi connectivity index (χ0v) is 12.4. The van der Waals surface area contributed by atoms with Gasteiger partial charge in [-0.25, -0.2) is 0 Å². The molecule has 0 aromatic rings. The summed E-state index contributed by atoms with van der Waals surface area (Å²) >= 11 is 0. The average molecular weight is 267 g/mol. The Bertz CT molecular complexity index is 302. The molecule has 2 fully saturated rings. The van der Waals surface area contributed by atoms with Gasteiger partial charge in [0.15, 0.2) is 0 Å². The first-order chi connectivity index (χ1) is 9.06. The van der Waals surface area contributed by atoms with E-state index in [1.165, 1.54) is 25.9 Å². The van der Waals surface area contributed by atoms with Crippen molar-refractivity contribution >= 4 is 5.91 Å². The topological polar surface area (TPSA) is 58.4 Å². The highest BCUT2D eigenvalue weighted by Gasteiger charge is 2.30. The molecule has 2 aliphatic rings. The van der Waals surface area contributed by atoms with Crippen molar-refractivity contribution in [2.45, 2.75) is 58.0 Å². The Balaban J connectivity index is 1.73. The minimum absolute atomic E-state index is 0.177. The molecule has 1 amide bonds. The standard InChI is InChI=1S/C15H29N3O/c1-11-9-13(5-6-14(11)16)15(19)17-12(2)10-18-7-3-4-8-18/h11-14H,3-10,16H2,1-2H3,(H,17,19). The summed E-state index contributed by atoms with van der Waals surface area (Å²) in [4.78, 5) is 14.7. The van der Waals surface area contributed by atoms with Crippen molar-refractivity contribution in [2.75, 3.05) is 19.6 Å². The fourth-order valence-corrected chi connectivity index (χ4v) is 3.42. The summed E-state index contributed by atoms with van der Waals surface area (Å²) in [6.07, 6.45) is 5.49. The lowest BCUT2D eigenvalue weighted by Crippen LogP contribution is -2.46. The van der Waals surface area contributed by atoms with Gasteiger partial charge in [0.25, 0.3) is 0 Å². The lowest BCUT2D eigenvalue weighted by Gasteiger charge is -2.32. The highest BCUT2D eigenvalue weighted by molar-refractivity contribution is 5.79. The third-order valence-corrected chi connectivity index (χ3v) is 4.73. The van der Waals surface area contributed by atoms with Crippen LogP contribution in [0.5, 0.6) is 0 Å². The van der Waals surface area contributed by atoms with Crippen molar-refractivity contribution in [2.24, 2.45) is 17.6 Å². The van der Waals surface area contributed by atoms with E-state index in [1.54, 1.807) is 0 Å². The Labute approximate surface area is 117 Å². The van der Waals surface area contributed by atoms with E-state index >= 15 is 0 Å². The van der Waals surface area contributed by atoms with Crippen LogP contribution in [0.25, 0.3) is 0 Å². The number of nitrogens with one attached hydrogen (secondary N) is 1. The van der Waals surface area contributed by atoms with Crippen LogP contribution in [-0.2, 0) is 4.79 Å². The quantitative estimate of drug-likeness (QED) is 0.808. The van der Waals surface area contributed by atoms with Crippen LogP contribution in [0.15, 0.2) is 0 Å². The molecule has 4 nitrogen and oxygen atoms in total. The van der Waals surface area contributed by atoms with Crippen molar-refractivity contribution in [1.82, 2.24) is 10.2 Å². The van der Waals surface area contributed by atoms with Gasteiger partial charge in [-0.2, -0.15) is 0 Å². The number of nitrogens with two attached hydrogens (primary N) is 1. The summed E-state index contributed by atoms with van der Waals surface area (Å²) in [6.45, 7) is 7.66. The summed E-state index contributed by atoms with van der Waals surface area (Å²) in [5, 5.41) is 3.19. The van der Waals surface area contributed by atoms with Gasteiger partial charge in [-0.05, 0) is 58.0 Å². The second-order valence-electron chi connectivity index (χ2n) is 6.57. The van der Waals surface area contributed by atoms with Gasteiger partial charge in [0, 0.05) is 24.5 Å². The first kappa shape index (κ1) is 14.8. The maximum atomic E-state index is 12.3. The Morgan fingerprint density at radius 1 is 1.37 bits per heavy atom. The number of hydrogen-bond donors (Lipinski definition) is 2. The van der Waals surface area contributed by atoms with Crippen molar-refractivity contribution < 1.29 is 4.79 Å². The van der Waals surface area contributed by atoms with Gasteiger partial charge in [-0.15, -0.1) is 0 Å². The Kier molecular flexibility index (Phi) is 5.22. The number of hydrogen-bond acceptors (Lipinski definition) is 3.